The molecule has 0 saturated heterocycles. The molecule has 1 aliphatic carbocycles. The number of rotatable bonds is 3. The van der Waals surface area contributed by atoms with E-state index in [0.29, 0.717) is 5.92 Å². The molecule has 1 fully saturated rings. The highest BCUT2D eigenvalue weighted by atomic mass is 19.1. The molecular weight excluding hydrogens is 233 g/mol. The van der Waals surface area contributed by atoms with Crippen LogP contribution >= 0.6 is 0 Å². The van der Waals surface area contributed by atoms with Crippen molar-refractivity contribution in [2.75, 3.05) is 7.11 Å². The normalized spacial score (nSPS) is 30.1. The predicted octanol–water partition coefficient (Wildman–Crippen LogP) is 2.85. The largest absolute Gasteiger partial charge is 0.385 e. The first-order valence-electron chi connectivity index (χ1n) is 6.41. The van der Waals surface area contributed by atoms with Gasteiger partial charge in [0.1, 0.15) is 11.9 Å². The van der Waals surface area contributed by atoms with Crippen LogP contribution < -0.4 is 0 Å². The lowest BCUT2D eigenvalue weighted by Gasteiger charge is -2.42. The third-order valence-corrected chi connectivity index (χ3v) is 3.99. The smallest absolute Gasteiger partial charge is 0.147 e. The van der Waals surface area contributed by atoms with Crippen molar-refractivity contribution in [1.82, 2.24) is 4.98 Å². The van der Waals surface area contributed by atoms with E-state index in [1.165, 1.54) is 12.3 Å². The molecule has 0 bridgehead atoms. The number of hydrogen-bond donors (Lipinski definition) is 1. The van der Waals surface area contributed by atoms with Crippen LogP contribution in [-0.2, 0) is 4.74 Å². The van der Waals surface area contributed by atoms with Crippen molar-refractivity contribution >= 4 is 0 Å². The van der Waals surface area contributed by atoms with Crippen LogP contribution in [-0.4, -0.2) is 22.8 Å². The lowest BCUT2D eigenvalue weighted by Crippen LogP contribution is -2.43. The average Bonchev–Trinajstić information content (AvgIpc) is 2.38. The standard InChI is InChI=1S/C14H20FNO2/c1-10-4-3-6-14(8-10,18-2)13(17)11-5-7-16-9-12(11)15/h5,7,9-10,13,17H,3-4,6,8H2,1-2H3. The summed E-state index contributed by atoms with van der Waals surface area (Å²) in [6.07, 6.45) is 5.34. The molecule has 1 saturated carbocycles. The van der Waals surface area contributed by atoms with Crippen LogP contribution in [0, 0.1) is 11.7 Å². The second-order valence-electron chi connectivity index (χ2n) is 5.27. The minimum atomic E-state index is -0.937. The number of aliphatic hydroxyl groups excluding tert-OH is 1. The van der Waals surface area contributed by atoms with Gasteiger partial charge in [0.05, 0.1) is 11.8 Å². The maximum atomic E-state index is 13.7. The van der Waals surface area contributed by atoms with Crippen molar-refractivity contribution in [3.63, 3.8) is 0 Å². The highest BCUT2D eigenvalue weighted by Gasteiger charge is 2.43. The second kappa shape index (κ2) is 5.33. The maximum absolute atomic E-state index is 13.7. The topological polar surface area (TPSA) is 42.4 Å². The fourth-order valence-corrected chi connectivity index (χ4v) is 2.98. The summed E-state index contributed by atoms with van der Waals surface area (Å²) in [6, 6.07) is 1.53. The van der Waals surface area contributed by atoms with E-state index in [0.717, 1.165) is 31.9 Å². The first kappa shape index (κ1) is 13.4. The average molecular weight is 253 g/mol. The number of aliphatic hydroxyl groups is 1. The molecule has 1 aromatic rings. The summed E-state index contributed by atoms with van der Waals surface area (Å²) >= 11 is 0. The molecule has 1 aliphatic rings. The summed E-state index contributed by atoms with van der Waals surface area (Å²) in [5.74, 6) is 0.0119. The fourth-order valence-electron chi connectivity index (χ4n) is 2.98. The van der Waals surface area contributed by atoms with Gasteiger partial charge in [-0.1, -0.05) is 19.8 Å². The van der Waals surface area contributed by atoms with Gasteiger partial charge in [0.15, 0.2) is 0 Å². The van der Waals surface area contributed by atoms with Gasteiger partial charge in [-0.05, 0) is 24.8 Å². The number of nitrogens with zero attached hydrogens (tertiary/aromatic N) is 1. The molecule has 1 heterocycles. The second-order valence-corrected chi connectivity index (χ2v) is 5.27. The highest BCUT2D eigenvalue weighted by Crippen LogP contribution is 2.43. The van der Waals surface area contributed by atoms with Gasteiger partial charge >= 0.3 is 0 Å². The van der Waals surface area contributed by atoms with Gasteiger partial charge in [0, 0.05) is 18.9 Å². The van der Waals surface area contributed by atoms with Crippen molar-refractivity contribution in [3.8, 4) is 0 Å². The van der Waals surface area contributed by atoms with Crippen molar-refractivity contribution in [2.24, 2.45) is 5.92 Å². The van der Waals surface area contributed by atoms with Crippen LogP contribution in [0.15, 0.2) is 18.5 Å². The van der Waals surface area contributed by atoms with E-state index in [2.05, 4.69) is 11.9 Å². The van der Waals surface area contributed by atoms with Crippen LogP contribution in [0.5, 0.6) is 0 Å². The van der Waals surface area contributed by atoms with E-state index in [9.17, 15) is 9.50 Å². The monoisotopic (exact) mass is 253 g/mol. The Morgan fingerprint density at radius 1 is 1.61 bits per heavy atom. The minimum absolute atomic E-state index is 0.279. The van der Waals surface area contributed by atoms with Crippen LogP contribution in [0.4, 0.5) is 4.39 Å². The Kier molecular flexibility index (Phi) is 3.97. The van der Waals surface area contributed by atoms with Crippen molar-refractivity contribution in [3.05, 3.63) is 29.8 Å². The molecule has 3 atom stereocenters. The summed E-state index contributed by atoms with van der Waals surface area (Å²) in [4.78, 5) is 3.71. The van der Waals surface area contributed by atoms with E-state index in [4.69, 9.17) is 4.74 Å². The van der Waals surface area contributed by atoms with Gasteiger partial charge in [-0.25, -0.2) is 4.39 Å². The third-order valence-electron chi connectivity index (χ3n) is 3.99. The van der Waals surface area contributed by atoms with Crippen LogP contribution in [0.25, 0.3) is 0 Å². The number of pyridine rings is 1. The molecule has 18 heavy (non-hydrogen) atoms. The number of ether oxygens (including phenoxy) is 1. The molecule has 0 aromatic carbocycles. The van der Waals surface area contributed by atoms with Gasteiger partial charge in [-0.3, -0.25) is 4.98 Å². The minimum Gasteiger partial charge on any atom is -0.385 e. The molecule has 2 rings (SSSR count). The van der Waals surface area contributed by atoms with Crippen molar-refractivity contribution in [2.45, 2.75) is 44.3 Å². The Bertz CT molecular complexity index is 413. The highest BCUT2D eigenvalue weighted by molar-refractivity contribution is 5.20. The first-order chi connectivity index (χ1) is 8.59. The van der Waals surface area contributed by atoms with Crippen LogP contribution in [0.2, 0.25) is 0 Å². The van der Waals surface area contributed by atoms with Gasteiger partial charge in [0.25, 0.3) is 0 Å². The van der Waals surface area contributed by atoms with Gasteiger partial charge in [0.2, 0.25) is 0 Å². The number of halogens is 1. The molecular formula is C14H20FNO2. The first-order valence-corrected chi connectivity index (χ1v) is 6.41. The van der Waals surface area contributed by atoms with E-state index in [1.54, 1.807) is 7.11 Å². The maximum Gasteiger partial charge on any atom is 0.147 e. The third kappa shape index (κ3) is 2.40. The Morgan fingerprint density at radius 2 is 2.39 bits per heavy atom. The molecule has 0 spiro atoms. The number of hydrogen-bond acceptors (Lipinski definition) is 3. The number of methoxy groups -OCH3 is 1. The van der Waals surface area contributed by atoms with Gasteiger partial charge in [-0.2, -0.15) is 0 Å². The summed E-state index contributed by atoms with van der Waals surface area (Å²) in [7, 11) is 1.60. The van der Waals surface area contributed by atoms with E-state index >= 15 is 0 Å². The zero-order valence-corrected chi connectivity index (χ0v) is 10.9. The zero-order valence-electron chi connectivity index (χ0n) is 10.9. The summed E-state index contributed by atoms with van der Waals surface area (Å²) < 4.78 is 19.3. The SMILES string of the molecule is COC1(C(O)c2ccncc2F)CCCC(C)C1. The molecule has 0 amide bonds. The molecule has 1 aromatic heterocycles. The lowest BCUT2D eigenvalue weighted by molar-refractivity contribution is -0.135. The van der Waals surface area contributed by atoms with Gasteiger partial charge < -0.3 is 9.84 Å². The van der Waals surface area contributed by atoms with E-state index < -0.39 is 17.5 Å². The molecule has 4 heteroatoms. The zero-order chi connectivity index (χ0) is 13.2. The Balaban J connectivity index is 2.30. The Morgan fingerprint density at radius 3 is 3.00 bits per heavy atom. The molecule has 1 N–H and O–H groups in total. The van der Waals surface area contributed by atoms with Crippen molar-refractivity contribution in [1.29, 1.82) is 0 Å². The van der Waals surface area contributed by atoms with Crippen molar-refractivity contribution < 1.29 is 14.2 Å². The van der Waals surface area contributed by atoms with E-state index in [1.807, 2.05) is 0 Å². The van der Waals surface area contributed by atoms with Gasteiger partial charge in [-0.15, -0.1) is 0 Å². The molecule has 100 valence electrons. The predicted molar refractivity (Wildman–Crippen MR) is 66.5 cm³/mol. The molecule has 0 radical (unpaired) electrons. The Hall–Kier alpha value is -1.00. The molecule has 3 nitrogen and oxygen atoms in total. The summed E-state index contributed by atoms with van der Waals surface area (Å²) in [5.41, 5.74) is -0.388. The fraction of sp³-hybridized carbons (Fsp3) is 0.643. The quantitative estimate of drug-likeness (QED) is 0.900. The lowest BCUT2D eigenvalue weighted by atomic mass is 9.74. The Labute approximate surface area is 107 Å². The molecule has 3 unspecified atom stereocenters. The van der Waals surface area contributed by atoms with Crippen LogP contribution in [0.3, 0.4) is 0 Å². The molecule has 0 aliphatic heterocycles. The number of aromatic nitrogens is 1. The summed E-state index contributed by atoms with van der Waals surface area (Å²) in [5, 5.41) is 10.5. The van der Waals surface area contributed by atoms with E-state index in [-0.39, 0.29) is 5.56 Å². The summed E-state index contributed by atoms with van der Waals surface area (Å²) in [6.45, 7) is 2.14. The van der Waals surface area contributed by atoms with Crippen LogP contribution in [0.1, 0.15) is 44.3 Å².